The predicted octanol–water partition coefficient (Wildman–Crippen LogP) is 2.59. The summed E-state index contributed by atoms with van der Waals surface area (Å²) in [6.07, 6.45) is 0.133. The smallest absolute Gasteiger partial charge is 0.152 e. The molecule has 0 fully saturated rings. The Labute approximate surface area is 71.5 Å². The Balaban J connectivity index is 2.38. The van der Waals surface area contributed by atoms with Gasteiger partial charge in [-0.05, 0) is 12.1 Å². The lowest BCUT2D eigenvalue weighted by Crippen LogP contribution is -2.09. The van der Waals surface area contributed by atoms with Crippen LogP contribution >= 0.6 is 0 Å². The second-order valence-electron chi connectivity index (χ2n) is 2.38. The van der Waals surface area contributed by atoms with E-state index in [1.54, 1.807) is 12.1 Å². The summed E-state index contributed by atoms with van der Waals surface area (Å²) in [5.74, 6) is 0.682. The Morgan fingerprint density at radius 3 is 2.67 bits per heavy atom. The van der Waals surface area contributed by atoms with Gasteiger partial charge in [0.2, 0.25) is 0 Å². The van der Waals surface area contributed by atoms with Gasteiger partial charge >= 0.3 is 0 Å². The molecule has 64 valence electrons. The van der Waals surface area contributed by atoms with Gasteiger partial charge in [0.1, 0.15) is 12.4 Å². The highest BCUT2D eigenvalue weighted by Crippen LogP contribution is 2.09. The van der Waals surface area contributed by atoms with Crippen LogP contribution in [0.25, 0.3) is 0 Å². The number of rotatable bonds is 4. The molecule has 0 saturated carbocycles. The first kappa shape index (κ1) is 8.78. The van der Waals surface area contributed by atoms with Crippen LogP contribution in [0.4, 0.5) is 4.39 Å². The van der Waals surface area contributed by atoms with Crippen LogP contribution in [0.15, 0.2) is 43.0 Å². The Morgan fingerprint density at radius 1 is 1.42 bits per heavy atom. The van der Waals surface area contributed by atoms with E-state index in [9.17, 15) is 4.39 Å². The molecular formula is C10H11FO. The first-order chi connectivity index (χ1) is 5.83. The van der Waals surface area contributed by atoms with Crippen molar-refractivity contribution in [1.29, 1.82) is 0 Å². The van der Waals surface area contributed by atoms with Crippen LogP contribution in [0.2, 0.25) is 0 Å². The SMILES string of the molecule is C=CC(F)COc1ccccc1. The molecule has 0 heterocycles. The molecule has 0 N–H and O–H groups in total. The average molecular weight is 166 g/mol. The number of alkyl halides is 1. The zero-order valence-electron chi connectivity index (χ0n) is 6.74. The van der Waals surface area contributed by atoms with Gasteiger partial charge in [-0.2, -0.15) is 0 Å². The maximum Gasteiger partial charge on any atom is 0.152 e. The molecule has 1 rings (SSSR count). The Morgan fingerprint density at radius 2 is 2.08 bits per heavy atom. The van der Waals surface area contributed by atoms with Crippen molar-refractivity contribution < 1.29 is 9.13 Å². The number of benzene rings is 1. The van der Waals surface area contributed by atoms with E-state index in [4.69, 9.17) is 4.74 Å². The molecule has 0 aliphatic rings. The molecule has 1 nitrogen and oxygen atoms in total. The number of hydrogen-bond donors (Lipinski definition) is 0. The predicted molar refractivity (Wildman–Crippen MR) is 47.0 cm³/mol. The highest BCUT2D eigenvalue weighted by Gasteiger charge is 2.00. The standard InChI is InChI=1S/C10H11FO/c1-2-9(11)8-12-10-6-4-3-5-7-10/h2-7,9H,1,8H2. The Kier molecular flexibility index (Phi) is 3.33. The lowest BCUT2D eigenvalue weighted by molar-refractivity contribution is 0.229. The van der Waals surface area contributed by atoms with Crippen molar-refractivity contribution in [3.05, 3.63) is 43.0 Å². The van der Waals surface area contributed by atoms with Crippen molar-refractivity contribution in [2.24, 2.45) is 0 Å². The highest BCUT2D eigenvalue weighted by atomic mass is 19.1. The maximum atomic E-state index is 12.6. The molecule has 0 saturated heterocycles. The van der Waals surface area contributed by atoms with Gasteiger partial charge in [0.25, 0.3) is 0 Å². The molecule has 0 amide bonds. The van der Waals surface area contributed by atoms with E-state index in [-0.39, 0.29) is 6.61 Å². The quantitative estimate of drug-likeness (QED) is 0.625. The molecule has 0 aliphatic heterocycles. The summed E-state index contributed by atoms with van der Waals surface area (Å²) in [4.78, 5) is 0. The monoisotopic (exact) mass is 166 g/mol. The summed E-state index contributed by atoms with van der Waals surface area (Å²) < 4.78 is 17.7. The first-order valence-corrected chi connectivity index (χ1v) is 3.77. The third-order valence-corrected chi connectivity index (χ3v) is 1.41. The Bertz CT molecular complexity index is 233. The second kappa shape index (κ2) is 4.54. The molecule has 12 heavy (non-hydrogen) atoms. The largest absolute Gasteiger partial charge is 0.490 e. The molecule has 2 heteroatoms. The van der Waals surface area contributed by atoms with Gasteiger partial charge in [-0.3, -0.25) is 0 Å². The maximum absolute atomic E-state index is 12.6. The van der Waals surface area contributed by atoms with Gasteiger partial charge in [-0.25, -0.2) is 4.39 Å². The third kappa shape index (κ3) is 2.74. The molecule has 1 unspecified atom stereocenters. The second-order valence-corrected chi connectivity index (χ2v) is 2.38. The highest BCUT2D eigenvalue weighted by molar-refractivity contribution is 5.20. The minimum Gasteiger partial charge on any atom is -0.490 e. The van der Waals surface area contributed by atoms with E-state index < -0.39 is 6.17 Å². The van der Waals surface area contributed by atoms with Gasteiger partial charge in [0, 0.05) is 0 Å². The van der Waals surface area contributed by atoms with E-state index in [0.717, 1.165) is 0 Å². The van der Waals surface area contributed by atoms with Crippen LogP contribution in [-0.2, 0) is 0 Å². The van der Waals surface area contributed by atoms with Crippen LogP contribution in [0.1, 0.15) is 0 Å². The average Bonchev–Trinajstić information content (AvgIpc) is 2.16. The van der Waals surface area contributed by atoms with Crippen molar-refractivity contribution in [2.75, 3.05) is 6.61 Å². The van der Waals surface area contributed by atoms with E-state index in [1.807, 2.05) is 18.2 Å². The molecular weight excluding hydrogens is 155 g/mol. The van der Waals surface area contributed by atoms with E-state index in [2.05, 4.69) is 6.58 Å². The van der Waals surface area contributed by atoms with Crippen LogP contribution in [-0.4, -0.2) is 12.8 Å². The van der Waals surface area contributed by atoms with Crippen molar-refractivity contribution >= 4 is 0 Å². The van der Waals surface area contributed by atoms with Crippen LogP contribution in [0, 0.1) is 0 Å². The number of halogens is 1. The van der Waals surface area contributed by atoms with Crippen LogP contribution in [0.5, 0.6) is 5.75 Å². The topological polar surface area (TPSA) is 9.23 Å². The summed E-state index contributed by atoms with van der Waals surface area (Å²) >= 11 is 0. The lowest BCUT2D eigenvalue weighted by Gasteiger charge is -2.05. The summed E-state index contributed by atoms with van der Waals surface area (Å²) in [6.45, 7) is 3.35. The van der Waals surface area contributed by atoms with Crippen LogP contribution in [0.3, 0.4) is 0 Å². The first-order valence-electron chi connectivity index (χ1n) is 3.77. The minimum absolute atomic E-state index is 0.0352. The lowest BCUT2D eigenvalue weighted by atomic mass is 10.3. The summed E-state index contributed by atoms with van der Waals surface area (Å²) in [5, 5.41) is 0. The van der Waals surface area contributed by atoms with Gasteiger partial charge in [0.05, 0.1) is 0 Å². The number of ether oxygens (including phenoxy) is 1. The van der Waals surface area contributed by atoms with Gasteiger partial charge in [-0.1, -0.05) is 24.3 Å². The number of para-hydroxylation sites is 1. The molecule has 0 bridgehead atoms. The molecule has 0 aromatic heterocycles. The summed E-state index contributed by atoms with van der Waals surface area (Å²) in [5.41, 5.74) is 0. The van der Waals surface area contributed by atoms with Crippen molar-refractivity contribution in [2.45, 2.75) is 6.17 Å². The fourth-order valence-corrected chi connectivity index (χ4v) is 0.761. The van der Waals surface area contributed by atoms with Crippen molar-refractivity contribution in [1.82, 2.24) is 0 Å². The van der Waals surface area contributed by atoms with E-state index in [0.29, 0.717) is 5.75 Å². The molecule has 0 aliphatic carbocycles. The van der Waals surface area contributed by atoms with E-state index >= 15 is 0 Å². The molecule has 1 aromatic carbocycles. The summed E-state index contributed by atoms with van der Waals surface area (Å²) in [6, 6.07) is 9.14. The normalized spacial score (nSPS) is 12.1. The zero-order valence-corrected chi connectivity index (χ0v) is 6.74. The third-order valence-electron chi connectivity index (χ3n) is 1.41. The zero-order chi connectivity index (χ0) is 8.81. The minimum atomic E-state index is -1.09. The van der Waals surface area contributed by atoms with Gasteiger partial charge < -0.3 is 4.74 Å². The molecule has 1 aromatic rings. The summed E-state index contributed by atoms with van der Waals surface area (Å²) in [7, 11) is 0. The molecule has 0 radical (unpaired) electrons. The fourth-order valence-electron chi connectivity index (χ4n) is 0.761. The Hall–Kier alpha value is -1.31. The molecule has 1 atom stereocenters. The fraction of sp³-hybridized carbons (Fsp3) is 0.200. The van der Waals surface area contributed by atoms with Crippen LogP contribution < -0.4 is 4.74 Å². The van der Waals surface area contributed by atoms with Crippen molar-refractivity contribution in [3.8, 4) is 5.75 Å². The van der Waals surface area contributed by atoms with Gasteiger partial charge in [-0.15, -0.1) is 6.58 Å². The van der Waals surface area contributed by atoms with Gasteiger partial charge in [0.15, 0.2) is 6.17 Å². The van der Waals surface area contributed by atoms with E-state index in [1.165, 1.54) is 6.08 Å². The van der Waals surface area contributed by atoms with Crippen molar-refractivity contribution in [3.63, 3.8) is 0 Å². The molecule has 0 spiro atoms. The number of hydrogen-bond acceptors (Lipinski definition) is 1.